The molecular formula is C19H29N3O3. The highest BCUT2D eigenvalue weighted by molar-refractivity contribution is 5.79. The van der Waals surface area contributed by atoms with Gasteiger partial charge in [0.25, 0.3) is 0 Å². The minimum absolute atomic E-state index is 0.167. The van der Waals surface area contributed by atoms with Gasteiger partial charge in [0.15, 0.2) is 5.96 Å². The summed E-state index contributed by atoms with van der Waals surface area (Å²) >= 11 is 0. The lowest BCUT2D eigenvalue weighted by molar-refractivity contribution is -0.143. The zero-order valence-corrected chi connectivity index (χ0v) is 15.2. The minimum atomic E-state index is -0.167. The second kappa shape index (κ2) is 12.9. The third kappa shape index (κ3) is 8.79. The predicted octanol–water partition coefficient (Wildman–Crippen LogP) is 2.65. The second-order valence-corrected chi connectivity index (χ2v) is 5.24. The van der Waals surface area contributed by atoms with E-state index >= 15 is 0 Å². The fourth-order valence-electron chi connectivity index (χ4n) is 2.10. The van der Waals surface area contributed by atoms with Gasteiger partial charge in [-0.1, -0.05) is 30.9 Å². The van der Waals surface area contributed by atoms with Gasteiger partial charge < -0.3 is 20.1 Å². The van der Waals surface area contributed by atoms with Crippen molar-refractivity contribution in [1.82, 2.24) is 10.6 Å². The average Bonchev–Trinajstić information content (AvgIpc) is 2.62. The Balaban J connectivity index is 2.55. The molecule has 0 aliphatic carbocycles. The van der Waals surface area contributed by atoms with Crippen LogP contribution in [0, 0.1) is 0 Å². The van der Waals surface area contributed by atoms with E-state index in [-0.39, 0.29) is 5.97 Å². The Labute approximate surface area is 150 Å². The van der Waals surface area contributed by atoms with Crippen molar-refractivity contribution < 1.29 is 14.3 Å². The van der Waals surface area contributed by atoms with E-state index in [0.717, 1.165) is 17.9 Å². The van der Waals surface area contributed by atoms with Crippen LogP contribution in [0.4, 0.5) is 0 Å². The largest absolute Gasteiger partial charge is 0.489 e. The molecule has 0 bridgehead atoms. The van der Waals surface area contributed by atoms with Gasteiger partial charge in [0, 0.05) is 25.1 Å². The molecule has 0 atom stereocenters. The summed E-state index contributed by atoms with van der Waals surface area (Å²) in [5.41, 5.74) is 1.01. The fraction of sp³-hybridized carbons (Fsp3) is 0.474. The van der Waals surface area contributed by atoms with E-state index in [0.29, 0.717) is 45.1 Å². The number of esters is 1. The van der Waals surface area contributed by atoms with Crippen molar-refractivity contribution in [3.05, 3.63) is 42.5 Å². The Morgan fingerprint density at radius 1 is 1.28 bits per heavy atom. The standard InChI is InChI=1S/C19H29N3O3/c1-4-14-25-17-11-8-7-10-16(17)15-22-19(20-5-2)21-13-9-12-18(23)24-6-3/h4,7-8,10-11H,1,5-6,9,12-15H2,2-3H3,(H2,20,21,22). The molecule has 0 aliphatic heterocycles. The van der Waals surface area contributed by atoms with Crippen LogP contribution in [0.5, 0.6) is 5.75 Å². The molecule has 6 nitrogen and oxygen atoms in total. The van der Waals surface area contributed by atoms with E-state index in [9.17, 15) is 4.79 Å². The number of benzene rings is 1. The molecule has 0 aromatic heterocycles. The number of guanidine groups is 1. The quantitative estimate of drug-likeness (QED) is 0.212. The van der Waals surface area contributed by atoms with Gasteiger partial charge in [-0.3, -0.25) is 4.79 Å². The molecule has 1 rings (SSSR count). The normalized spacial score (nSPS) is 10.9. The predicted molar refractivity (Wildman–Crippen MR) is 101 cm³/mol. The van der Waals surface area contributed by atoms with Crippen molar-refractivity contribution in [2.24, 2.45) is 4.99 Å². The van der Waals surface area contributed by atoms with Crippen LogP contribution in [0.1, 0.15) is 32.3 Å². The van der Waals surface area contributed by atoms with Gasteiger partial charge in [0.2, 0.25) is 0 Å². The van der Waals surface area contributed by atoms with Gasteiger partial charge in [-0.25, -0.2) is 4.99 Å². The van der Waals surface area contributed by atoms with Crippen molar-refractivity contribution in [3.8, 4) is 5.75 Å². The Morgan fingerprint density at radius 2 is 2.08 bits per heavy atom. The summed E-state index contributed by atoms with van der Waals surface area (Å²) < 4.78 is 10.6. The van der Waals surface area contributed by atoms with Crippen LogP contribution in [0.15, 0.2) is 41.9 Å². The van der Waals surface area contributed by atoms with Gasteiger partial charge in [-0.05, 0) is 26.3 Å². The van der Waals surface area contributed by atoms with Gasteiger partial charge in [-0.2, -0.15) is 0 Å². The molecule has 0 heterocycles. The minimum Gasteiger partial charge on any atom is -0.489 e. The highest BCUT2D eigenvalue weighted by Gasteiger charge is 2.04. The van der Waals surface area contributed by atoms with Crippen molar-refractivity contribution >= 4 is 11.9 Å². The third-order valence-corrected chi connectivity index (χ3v) is 3.24. The first-order valence-electron chi connectivity index (χ1n) is 8.70. The van der Waals surface area contributed by atoms with E-state index in [1.165, 1.54) is 0 Å². The van der Waals surface area contributed by atoms with Crippen LogP contribution >= 0.6 is 0 Å². The zero-order valence-electron chi connectivity index (χ0n) is 15.2. The number of hydrogen-bond donors (Lipinski definition) is 2. The summed E-state index contributed by atoms with van der Waals surface area (Å²) in [4.78, 5) is 15.9. The fourth-order valence-corrected chi connectivity index (χ4v) is 2.10. The summed E-state index contributed by atoms with van der Waals surface area (Å²) in [7, 11) is 0. The van der Waals surface area contributed by atoms with E-state index < -0.39 is 0 Å². The summed E-state index contributed by atoms with van der Waals surface area (Å²) in [6.07, 6.45) is 2.82. The van der Waals surface area contributed by atoms with Gasteiger partial charge >= 0.3 is 5.97 Å². The summed E-state index contributed by atoms with van der Waals surface area (Å²) in [5, 5.41) is 6.42. The van der Waals surface area contributed by atoms with Crippen molar-refractivity contribution in [3.63, 3.8) is 0 Å². The molecule has 25 heavy (non-hydrogen) atoms. The van der Waals surface area contributed by atoms with Gasteiger partial charge in [-0.15, -0.1) is 0 Å². The second-order valence-electron chi connectivity index (χ2n) is 5.24. The maximum Gasteiger partial charge on any atom is 0.305 e. The Hall–Kier alpha value is -2.50. The molecule has 1 aromatic carbocycles. The van der Waals surface area contributed by atoms with Crippen LogP contribution in [-0.2, 0) is 16.1 Å². The number of ether oxygens (including phenoxy) is 2. The van der Waals surface area contributed by atoms with Crippen molar-refractivity contribution in [2.45, 2.75) is 33.2 Å². The molecule has 6 heteroatoms. The number of nitrogens with one attached hydrogen (secondary N) is 2. The van der Waals surface area contributed by atoms with Crippen LogP contribution in [0.3, 0.4) is 0 Å². The van der Waals surface area contributed by atoms with Crippen LogP contribution in [0.25, 0.3) is 0 Å². The number of nitrogens with zero attached hydrogens (tertiary/aromatic N) is 1. The van der Waals surface area contributed by atoms with Crippen molar-refractivity contribution in [2.75, 3.05) is 26.3 Å². The van der Waals surface area contributed by atoms with E-state index in [2.05, 4.69) is 22.2 Å². The number of carbonyl (C=O) groups is 1. The molecule has 0 aliphatic rings. The van der Waals surface area contributed by atoms with E-state index in [1.54, 1.807) is 6.08 Å². The lowest BCUT2D eigenvalue weighted by atomic mass is 10.2. The number of rotatable bonds is 11. The Kier molecular flexibility index (Phi) is 10.6. The van der Waals surface area contributed by atoms with Crippen molar-refractivity contribution in [1.29, 1.82) is 0 Å². The number of aliphatic imine (C=N–C) groups is 1. The van der Waals surface area contributed by atoms with Crippen LogP contribution in [-0.4, -0.2) is 38.2 Å². The molecule has 0 amide bonds. The molecular weight excluding hydrogens is 318 g/mol. The SMILES string of the molecule is C=CCOc1ccccc1CN=C(NCC)NCCCC(=O)OCC. The molecule has 2 N–H and O–H groups in total. The first-order chi connectivity index (χ1) is 12.2. The summed E-state index contributed by atoms with van der Waals surface area (Å²) in [6, 6.07) is 7.82. The monoisotopic (exact) mass is 347 g/mol. The highest BCUT2D eigenvalue weighted by Crippen LogP contribution is 2.18. The van der Waals surface area contributed by atoms with Crippen LogP contribution in [0.2, 0.25) is 0 Å². The molecule has 0 saturated carbocycles. The van der Waals surface area contributed by atoms with Gasteiger partial charge in [0.1, 0.15) is 12.4 Å². The molecule has 0 fully saturated rings. The highest BCUT2D eigenvalue weighted by atomic mass is 16.5. The Bertz CT molecular complexity index is 559. The maximum absolute atomic E-state index is 11.3. The van der Waals surface area contributed by atoms with E-state index in [1.807, 2.05) is 38.1 Å². The first kappa shape index (κ1) is 20.5. The zero-order chi connectivity index (χ0) is 18.3. The number of carbonyl (C=O) groups excluding carboxylic acids is 1. The number of para-hydroxylation sites is 1. The smallest absolute Gasteiger partial charge is 0.305 e. The lowest BCUT2D eigenvalue weighted by Crippen LogP contribution is -2.37. The summed E-state index contributed by atoms with van der Waals surface area (Å²) in [5.74, 6) is 1.36. The summed E-state index contributed by atoms with van der Waals surface area (Å²) in [6.45, 7) is 10.3. The molecule has 0 radical (unpaired) electrons. The molecule has 0 spiro atoms. The number of hydrogen-bond acceptors (Lipinski definition) is 4. The molecule has 0 unspecified atom stereocenters. The molecule has 0 saturated heterocycles. The van der Waals surface area contributed by atoms with Crippen LogP contribution < -0.4 is 15.4 Å². The van der Waals surface area contributed by atoms with E-state index in [4.69, 9.17) is 9.47 Å². The first-order valence-corrected chi connectivity index (χ1v) is 8.70. The Morgan fingerprint density at radius 3 is 2.80 bits per heavy atom. The maximum atomic E-state index is 11.3. The topological polar surface area (TPSA) is 72.0 Å². The lowest BCUT2D eigenvalue weighted by Gasteiger charge is -2.12. The van der Waals surface area contributed by atoms with Gasteiger partial charge in [0.05, 0.1) is 13.2 Å². The third-order valence-electron chi connectivity index (χ3n) is 3.24. The molecule has 1 aromatic rings. The molecule has 138 valence electrons. The average molecular weight is 347 g/mol.